The lowest BCUT2D eigenvalue weighted by Crippen LogP contribution is -2.22. The van der Waals surface area contributed by atoms with Crippen LogP contribution in [0.1, 0.15) is 30.0 Å². The second-order valence-corrected chi connectivity index (χ2v) is 5.61. The SMILES string of the molecule is CCNC(Cc1ccc(Cl)c(Cl)c1)c1ccc(COC)o1. The number of hydrogen-bond donors (Lipinski definition) is 1. The Labute approximate surface area is 135 Å². The average Bonchev–Trinajstić information content (AvgIpc) is 2.91. The van der Waals surface area contributed by atoms with Crippen molar-refractivity contribution in [3.8, 4) is 0 Å². The molecule has 114 valence electrons. The first-order chi connectivity index (χ1) is 10.1. The van der Waals surface area contributed by atoms with E-state index in [1.807, 2.05) is 30.3 Å². The fourth-order valence-corrected chi connectivity index (χ4v) is 2.54. The van der Waals surface area contributed by atoms with E-state index >= 15 is 0 Å². The molecule has 0 spiro atoms. The summed E-state index contributed by atoms with van der Waals surface area (Å²) in [5.41, 5.74) is 1.11. The van der Waals surface area contributed by atoms with Crippen LogP contribution in [0, 0.1) is 0 Å². The van der Waals surface area contributed by atoms with E-state index in [9.17, 15) is 0 Å². The Morgan fingerprint density at radius 1 is 1.19 bits per heavy atom. The molecule has 0 radical (unpaired) electrons. The lowest BCUT2D eigenvalue weighted by atomic mass is 10.0. The number of hydrogen-bond acceptors (Lipinski definition) is 3. The van der Waals surface area contributed by atoms with Gasteiger partial charge in [0.05, 0.1) is 16.1 Å². The van der Waals surface area contributed by atoms with E-state index in [1.54, 1.807) is 7.11 Å². The summed E-state index contributed by atoms with van der Waals surface area (Å²) in [6, 6.07) is 9.72. The van der Waals surface area contributed by atoms with Crippen LogP contribution in [0.2, 0.25) is 10.0 Å². The number of halogens is 2. The molecule has 1 aromatic carbocycles. The molecule has 0 saturated carbocycles. The Kier molecular flexibility index (Phi) is 6.12. The number of methoxy groups -OCH3 is 1. The van der Waals surface area contributed by atoms with Gasteiger partial charge in [-0.3, -0.25) is 0 Å². The second-order valence-electron chi connectivity index (χ2n) is 4.80. The van der Waals surface area contributed by atoms with E-state index in [1.165, 1.54) is 0 Å². The van der Waals surface area contributed by atoms with Gasteiger partial charge in [-0.15, -0.1) is 0 Å². The van der Waals surface area contributed by atoms with Gasteiger partial charge < -0.3 is 14.5 Å². The van der Waals surface area contributed by atoms with E-state index in [2.05, 4.69) is 12.2 Å². The zero-order chi connectivity index (χ0) is 15.2. The van der Waals surface area contributed by atoms with Crippen molar-refractivity contribution >= 4 is 23.2 Å². The van der Waals surface area contributed by atoms with Crippen molar-refractivity contribution in [3.05, 3.63) is 57.5 Å². The molecule has 0 saturated heterocycles. The minimum atomic E-state index is 0.0952. The van der Waals surface area contributed by atoms with Gasteiger partial charge in [0, 0.05) is 7.11 Å². The fraction of sp³-hybridized carbons (Fsp3) is 0.375. The summed E-state index contributed by atoms with van der Waals surface area (Å²) in [5, 5.41) is 4.57. The average molecular weight is 328 g/mol. The number of nitrogens with one attached hydrogen (secondary N) is 1. The van der Waals surface area contributed by atoms with Crippen molar-refractivity contribution in [2.24, 2.45) is 0 Å². The van der Waals surface area contributed by atoms with Gasteiger partial charge in [0.25, 0.3) is 0 Å². The van der Waals surface area contributed by atoms with Crippen molar-refractivity contribution < 1.29 is 9.15 Å². The predicted molar refractivity (Wildman–Crippen MR) is 86.0 cm³/mol. The summed E-state index contributed by atoms with van der Waals surface area (Å²) in [6.45, 7) is 3.40. The first-order valence-corrected chi connectivity index (χ1v) is 7.64. The number of rotatable bonds is 7. The summed E-state index contributed by atoms with van der Waals surface area (Å²) in [6.07, 6.45) is 0.782. The van der Waals surface area contributed by atoms with Crippen LogP contribution in [0.25, 0.3) is 0 Å². The monoisotopic (exact) mass is 327 g/mol. The highest BCUT2D eigenvalue weighted by atomic mass is 35.5. The highest BCUT2D eigenvalue weighted by Crippen LogP contribution is 2.26. The number of furan rings is 1. The molecule has 1 N–H and O–H groups in total. The largest absolute Gasteiger partial charge is 0.462 e. The molecule has 0 aliphatic rings. The molecular weight excluding hydrogens is 309 g/mol. The molecule has 1 aromatic heterocycles. The summed E-state index contributed by atoms with van der Waals surface area (Å²) >= 11 is 12.0. The molecule has 1 atom stereocenters. The maximum absolute atomic E-state index is 6.07. The van der Waals surface area contributed by atoms with Crippen molar-refractivity contribution in [1.29, 1.82) is 0 Å². The predicted octanol–water partition coefficient (Wildman–Crippen LogP) is 4.63. The third kappa shape index (κ3) is 4.48. The molecule has 0 amide bonds. The zero-order valence-electron chi connectivity index (χ0n) is 12.2. The van der Waals surface area contributed by atoms with E-state index in [0.717, 1.165) is 30.0 Å². The molecular formula is C16H19Cl2NO2. The van der Waals surface area contributed by atoms with E-state index in [4.69, 9.17) is 32.4 Å². The molecule has 5 heteroatoms. The Morgan fingerprint density at radius 2 is 2.00 bits per heavy atom. The van der Waals surface area contributed by atoms with Gasteiger partial charge in [-0.25, -0.2) is 0 Å². The molecule has 2 rings (SSSR count). The van der Waals surface area contributed by atoms with Crippen LogP contribution >= 0.6 is 23.2 Å². The van der Waals surface area contributed by atoms with Crippen molar-refractivity contribution in [1.82, 2.24) is 5.32 Å². The second kappa shape index (κ2) is 7.85. The summed E-state index contributed by atoms with van der Waals surface area (Å²) in [5.74, 6) is 1.72. The zero-order valence-corrected chi connectivity index (χ0v) is 13.7. The molecule has 0 aliphatic carbocycles. The first kappa shape index (κ1) is 16.4. The quantitative estimate of drug-likeness (QED) is 0.805. The number of likely N-dealkylation sites (N-methyl/N-ethyl adjacent to an activating group) is 1. The lowest BCUT2D eigenvalue weighted by molar-refractivity contribution is 0.161. The Balaban J connectivity index is 2.15. The molecule has 0 fully saturated rings. The van der Waals surface area contributed by atoms with Gasteiger partial charge in [0.2, 0.25) is 0 Å². The maximum Gasteiger partial charge on any atom is 0.129 e. The Bertz CT molecular complexity index is 583. The summed E-state index contributed by atoms with van der Waals surface area (Å²) in [4.78, 5) is 0. The Hall–Kier alpha value is -1.00. The van der Waals surface area contributed by atoms with Crippen molar-refractivity contribution in [2.75, 3.05) is 13.7 Å². The highest BCUT2D eigenvalue weighted by molar-refractivity contribution is 6.42. The van der Waals surface area contributed by atoms with Gasteiger partial charge >= 0.3 is 0 Å². The first-order valence-electron chi connectivity index (χ1n) is 6.89. The fourth-order valence-electron chi connectivity index (χ4n) is 2.22. The Morgan fingerprint density at radius 3 is 2.67 bits per heavy atom. The van der Waals surface area contributed by atoms with Crippen molar-refractivity contribution in [2.45, 2.75) is 26.0 Å². The lowest BCUT2D eigenvalue weighted by Gasteiger charge is -2.16. The van der Waals surface area contributed by atoms with Crippen LogP contribution in [0.5, 0.6) is 0 Å². The minimum absolute atomic E-state index is 0.0952. The topological polar surface area (TPSA) is 34.4 Å². The van der Waals surface area contributed by atoms with Crippen molar-refractivity contribution in [3.63, 3.8) is 0 Å². The van der Waals surface area contributed by atoms with E-state index in [-0.39, 0.29) is 6.04 Å². The van der Waals surface area contributed by atoms with Gasteiger partial charge in [0.15, 0.2) is 0 Å². The van der Waals surface area contributed by atoms with Crippen LogP contribution < -0.4 is 5.32 Å². The van der Waals surface area contributed by atoms with Gasteiger partial charge in [0.1, 0.15) is 18.1 Å². The third-order valence-electron chi connectivity index (χ3n) is 3.19. The van der Waals surface area contributed by atoms with E-state index in [0.29, 0.717) is 16.7 Å². The van der Waals surface area contributed by atoms with Gasteiger partial charge in [-0.2, -0.15) is 0 Å². The van der Waals surface area contributed by atoms with Crippen LogP contribution in [0.15, 0.2) is 34.7 Å². The van der Waals surface area contributed by atoms with Crippen LogP contribution in [0.3, 0.4) is 0 Å². The standard InChI is InChI=1S/C16H19Cl2NO2/c1-3-19-15(16-7-5-12(21-16)10-20-2)9-11-4-6-13(17)14(18)8-11/h4-8,15,19H,3,9-10H2,1-2H3. The molecule has 3 nitrogen and oxygen atoms in total. The van der Waals surface area contributed by atoms with Crippen LogP contribution in [-0.2, 0) is 17.8 Å². The summed E-state index contributed by atoms with van der Waals surface area (Å²) < 4.78 is 10.9. The van der Waals surface area contributed by atoms with E-state index < -0.39 is 0 Å². The normalized spacial score (nSPS) is 12.6. The molecule has 0 bridgehead atoms. The summed E-state index contributed by atoms with van der Waals surface area (Å²) in [7, 11) is 1.65. The molecule has 2 aromatic rings. The molecule has 1 heterocycles. The number of ether oxygens (including phenoxy) is 1. The van der Waals surface area contributed by atoms with Gasteiger partial charge in [-0.05, 0) is 42.8 Å². The number of benzene rings is 1. The minimum Gasteiger partial charge on any atom is -0.462 e. The van der Waals surface area contributed by atoms with Crippen LogP contribution in [-0.4, -0.2) is 13.7 Å². The molecule has 0 aliphatic heterocycles. The highest BCUT2D eigenvalue weighted by Gasteiger charge is 2.16. The van der Waals surface area contributed by atoms with Gasteiger partial charge in [-0.1, -0.05) is 36.2 Å². The molecule has 21 heavy (non-hydrogen) atoms. The smallest absolute Gasteiger partial charge is 0.129 e. The third-order valence-corrected chi connectivity index (χ3v) is 3.93. The molecule has 1 unspecified atom stereocenters. The van der Waals surface area contributed by atoms with Crippen LogP contribution in [0.4, 0.5) is 0 Å². The maximum atomic E-state index is 6.07.